The maximum Gasteiger partial charge on any atom is 0.147 e. The summed E-state index contributed by atoms with van der Waals surface area (Å²) < 4.78 is 23.9. The molecule has 0 aliphatic heterocycles. The van der Waals surface area contributed by atoms with Gasteiger partial charge in [0.2, 0.25) is 0 Å². The molecule has 0 bridgehead atoms. The van der Waals surface area contributed by atoms with Crippen molar-refractivity contribution in [2.24, 2.45) is 0 Å². The van der Waals surface area contributed by atoms with Crippen molar-refractivity contribution in [1.82, 2.24) is 14.9 Å². The second kappa shape index (κ2) is 6.16. The molecule has 1 rings (SSSR count). The van der Waals surface area contributed by atoms with E-state index in [-0.39, 0.29) is 5.75 Å². The van der Waals surface area contributed by atoms with Gasteiger partial charge in [0, 0.05) is 31.6 Å². The van der Waals surface area contributed by atoms with E-state index in [1.54, 1.807) is 6.33 Å². The molecule has 1 aromatic rings. The van der Waals surface area contributed by atoms with E-state index in [0.717, 1.165) is 12.2 Å². The minimum Gasteiger partial charge on any atom is -0.337 e. The van der Waals surface area contributed by atoms with Crippen LogP contribution < -0.4 is 5.32 Å². The van der Waals surface area contributed by atoms with E-state index in [4.69, 9.17) is 0 Å². The quantitative estimate of drug-likeness (QED) is 0.787. The fourth-order valence-corrected chi connectivity index (χ4v) is 2.09. The maximum atomic E-state index is 11.0. The van der Waals surface area contributed by atoms with Crippen molar-refractivity contribution in [3.63, 3.8) is 0 Å². The van der Waals surface area contributed by atoms with Crippen LogP contribution in [-0.4, -0.2) is 36.0 Å². The van der Waals surface area contributed by atoms with Gasteiger partial charge in [0.25, 0.3) is 0 Å². The fourth-order valence-electron chi connectivity index (χ4n) is 1.44. The Labute approximate surface area is 103 Å². The Balaban J connectivity index is 2.35. The van der Waals surface area contributed by atoms with E-state index in [2.05, 4.69) is 24.1 Å². The number of aryl methyl sites for hydroxylation is 1. The lowest BCUT2D eigenvalue weighted by atomic mass is 10.3. The Morgan fingerprint density at radius 2 is 2.18 bits per heavy atom. The number of hydrogen-bond acceptors (Lipinski definition) is 4. The predicted octanol–water partition coefficient (Wildman–Crippen LogP) is 0.816. The molecule has 6 heteroatoms. The summed E-state index contributed by atoms with van der Waals surface area (Å²) in [4.78, 5) is 4.25. The monoisotopic (exact) mass is 259 g/mol. The van der Waals surface area contributed by atoms with Crippen molar-refractivity contribution in [3.05, 3.63) is 18.2 Å². The van der Waals surface area contributed by atoms with E-state index in [1.807, 2.05) is 10.8 Å². The molecule has 0 atom stereocenters. The third kappa shape index (κ3) is 6.43. The lowest BCUT2D eigenvalue weighted by molar-refractivity contribution is 0.581. The average Bonchev–Trinajstić information content (AvgIpc) is 2.61. The van der Waals surface area contributed by atoms with Gasteiger partial charge in [-0.2, -0.15) is 0 Å². The fraction of sp³-hybridized carbons (Fsp3) is 0.727. The van der Waals surface area contributed by atoms with Crippen LogP contribution in [0.25, 0.3) is 0 Å². The molecule has 17 heavy (non-hydrogen) atoms. The lowest BCUT2D eigenvalue weighted by Crippen LogP contribution is -2.21. The van der Waals surface area contributed by atoms with Gasteiger partial charge < -0.3 is 9.88 Å². The highest BCUT2D eigenvalue weighted by molar-refractivity contribution is 7.90. The second-order valence-corrected chi connectivity index (χ2v) is 6.88. The minimum absolute atomic E-state index is 0.227. The summed E-state index contributed by atoms with van der Waals surface area (Å²) >= 11 is 0. The smallest absolute Gasteiger partial charge is 0.147 e. The van der Waals surface area contributed by atoms with Gasteiger partial charge in [-0.25, -0.2) is 13.4 Å². The Bertz CT molecular complexity index is 437. The Morgan fingerprint density at radius 1 is 1.47 bits per heavy atom. The molecule has 0 fully saturated rings. The first-order valence-electron chi connectivity index (χ1n) is 5.78. The number of aromatic nitrogens is 2. The highest BCUT2D eigenvalue weighted by atomic mass is 32.2. The summed E-state index contributed by atoms with van der Waals surface area (Å²) in [6.07, 6.45) is 5.60. The van der Waals surface area contributed by atoms with E-state index in [0.29, 0.717) is 19.0 Å². The molecule has 0 aliphatic rings. The van der Waals surface area contributed by atoms with Crippen LogP contribution in [0.15, 0.2) is 12.5 Å². The topological polar surface area (TPSA) is 64.0 Å². The lowest BCUT2D eigenvalue weighted by Gasteiger charge is -2.05. The maximum absolute atomic E-state index is 11.0. The average molecular weight is 259 g/mol. The number of sulfone groups is 1. The van der Waals surface area contributed by atoms with Crippen LogP contribution in [0.5, 0.6) is 0 Å². The number of nitrogens with one attached hydrogen (secondary N) is 1. The van der Waals surface area contributed by atoms with Gasteiger partial charge in [-0.05, 0) is 6.42 Å². The second-order valence-electron chi connectivity index (χ2n) is 4.62. The molecule has 0 aliphatic carbocycles. The largest absolute Gasteiger partial charge is 0.337 e. The first-order chi connectivity index (χ1) is 7.87. The number of nitrogens with zero attached hydrogens (tertiary/aromatic N) is 2. The summed E-state index contributed by atoms with van der Waals surface area (Å²) in [5, 5.41) is 3.28. The van der Waals surface area contributed by atoms with Crippen LogP contribution in [0.4, 0.5) is 0 Å². The Hall–Kier alpha value is -0.880. The highest BCUT2D eigenvalue weighted by Gasteiger charge is 2.03. The summed E-state index contributed by atoms with van der Waals surface area (Å²) in [6, 6.07) is 0.436. The summed E-state index contributed by atoms with van der Waals surface area (Å²) in [5.74, 6) is 0.227. The summed E-state index contributed by atoms with van der Waals surface area (Å²) in [6.45, 7) is 5.62. The zero-order valence-corrected chi connectivity index (χ0v) is 11.5. The van der Waals surface area contributed by atoms with E-state index < -0.39 is 9.84 Å². The third-order valence-corrected chi connectivity index (χ3v) is 3.34. The molecule has 0 unspecified atom stereocenters. The molecule has 0 saturated carbocycles. The van der Waals surface area contributed by atoms with Gasteiger partial charge in [0.15, 0.2) is 0 Å². The van der Waals surface area contributed by atoms with Crippen molar-refractivity contribution in [2.75, 3.05) is 12.0 Å². The zero-order chi connectivity index (χ0) is 12.9. The molecule has 5 nitrogen and oxygen atoms in total. The molecule has 1 N–H and O–H groups in total. The van der Waals surface area contributed by atoms with Crippen molar-refractivity contribution >= 4 is 9.84 Å². The van der Waals surface area contributed by atoms with Crippen LogP contribution in [0.3, 0.4) is 0 Å². The SMILES string of the molecule is CC(C)NCc1cn(CCCS(C)(=O)=O)cn1. The summed E-state index contributed by atoms with van der Waals surface area (Å²) in [5.41, 5.74) is 0.984. The Morgan fingerprint density at radius 3 is 2.76 bits per heavy atom. The first-order valence-corrected chi connectivity index (χ1v) is 7.84. The van der Waals surface area contributed by atoms with Gasteiger partial charge >= 0.3 is 0 Å². The van der Waals surface area contributed by atoms with E-state index >= 15 is 0 Å². The molecule has 0 saturated heterocycles. The van der Waals surface area contributed by atoms with Gasteiger partial charge in [-0.3, -0.25) is 0 Å². The molecule has 0 radical (unpaired) electrons. The van der Waals surface area contributed by atoms with Crippen molar-refractivity contribution in [2.45, 2.75) is 39.4 Å². The highest BCUT2D eigenvalue weighted by Crippen LogP contribution is 1.99. The van der Waals surface area contributed by atoms with Crippen LogP contribution in [-0.2, 0) is 22.9 Å². The molecule has 0 spiro atoms. The molecule has 0 aromatic carbocycles. The van der Waals surface area contributed by atoms with E-state index in [1.165, 1.54) is 6.26 Å². The van der Waals surface area contributed by atoms with Crippen LogP contribution in [0.2, 0.25) is 0 Å². The van der Waals surface area contributed by atoms with Gasteiger partial charge in [-0.1, -0.05) is 13.8 Å². The summed E-state index contributed by atoms with van der Waals surface area (Å²) in [7, 11) is -2.86. The van der Waals surface area contributed by atoms with Gasteiger partial charge in [-0.15, -0.1) is 0 Å². The molecule has 1 aromatic heterocycles. The number of imidazole rings is 1. The van der Waals surface area contributed by atoms with Crippen molar-refractivity contribution in [3.8, 4) is 0 Å². The van der Waals surface area contributed by atoms with Crippen LogP contribution >= 0.6 is 0 Å². The standard InChI is InChI=1S/C11H21N3O2S/c1-10(2)12-7-11-8-14(9-13-11)5-4-6-17(3,15)16/h8-10,12H,4-7H2,1-3H3. The van der Waals surface area contributed by atoms with Crippen LogP contribution in [0.1, 0.15) is 26.0 Å². The zero-order valence-electron chi connectivity index (χ0n) is 10.7. The molecular formula is C11H21N3O2S. The van der Waals surface area contributed by atoms with E-state index in [9.17, 15) is 8.42 Å². The van der Waals surface area contributed by atoms with Crippen LogP contribution in [0, 0.1) is 0 Å². The first kappa shape index (κ1) is 14.2. The Kier molecular flexibility index (Phi) is 5.14. The third-order valence-electron chi connectivity index (χ3n) is 2.31. The van der Waals surface area contributed by atoms with Crippen molar-refractivity contribution < 1.29 is 8.42 Å². The molecule has 0 amide bonds. The molecule has 98 valence electrons. The van der Waals surface area contributed by atoms with Gasteiger partial charge in [0.1, 0.15) is 9.84 Å². The van der Waals surface area contributed by atoms with Gasteiger partial charge in [0.05, 0.1) is 17.8 Å². The van der Waals surface area contributed by atoms with Crippen molar-refractivity contribution in [1.29, 1.82) is 0 Å². The molecule has 1 heterocycles. The number of rotatable bonds is 7. The normalized spacial score (nSPS) is 12.2. The minimum atomic E-state index is -2.86. The number of hydrogen-bond donors (Lipinski definition) is 1. The predicted molar refractivity (Wildman–Crippen MR) is 68.5 cm³/mol. The molecular weight excluding hydrogens is 238 g/mol.